The van der Waals surface area contributed by atoms with E-state index < -0.39 is 24.5 Å². The third-order valence-electron chi connectivity index (χ3n) is 3.91. The van der Waals surface area contributed by atoms with Crippen molar-refractivity contribution in [1.82, 2.24) is 0 Å². The van der Waals surface area contributed by atoms with E-state index in [-0.39, 0.29) is 0 Å². The molecule has 1 amide bonds. The molecule has 0 atom stereocenters. The molecular weight excluding hydrogens is 342 g/mol. The molecule has 0 spiro atoms. The first-order valence-corrected chi connectivity index (χ1v) is 8.66. The number of carbonyl (C=O) groups excluding carboxylic acids is 3. The summed E-state index contributed by atoms with van der Waals surface area (Å²) in [5.74, 6) is -1.53. The molecule has 2 aromatic rings. The highest BCUT2D eigenvalue weighted by Crippen LogP contribution is 2.39. The van der Waals surface area contributed by atoms with Gasteiger partial charge in [-0.1, -0.05) is 18.2 Å². The average Bonchev–Trinajstić information content (AvgIpc) is 3.20. The number of aryl methyl sites for hydroxylation is 1. The van der Waals surface area contributed by atoms with Crippen LogP contribution >= 0.6 is 11.3 Å². The molecule has 0 saturated carbocycles. The van der Waals surface area contributed by atoms with E-state index in [4.69, 9.17) is 9.47 Å². The number of thiophene rings is 1. The summed E-state index contributed by atoms with van der Waals surface area (Å²) in [5, 5.41) is 3.12. The molecule has 0 unspecified atom stereocenters. The average molecular weight is 359 g/mol. The number of anilines is 1. The summed E-state index contributed by atoms with van der Waals surface area (Å²) >= 11 is 1.38. The Morgan fingerprint density at radius 3 is 2.60 bits per heavy atom. The van der Waals surface area contributed by atoms with E-state index in [2.05, 4.69) is 5.32 Å². The molecule has 0 saturated heterocycles. The minimum Gasteiger partial charge on any atom is -0.465 e. The van der Waals surface area contributed by atoms with Crippen molar-refractivity contribution in [2.24, 2.45) is 0 Å². The Hall–Kier alpha value is -2.67. The number of hydrogen-bond donors (Lipinski definition) is 1. The molecule has 6 nitrogen and oxygen atoms in total. The molecule has 7 heteroatoms. The zero-order valence-electron chi connectivity index (χ0n) is 13.7. The van der Waals surface area contributed by atoms with Crippen molar-refractivity contribution in [3.63, 3.8) is 0 Å². The largest absolute Gasteiger partial charge is 0.465 e. The van der Waals surface area contributed by atoms with Gasteiger partial charge in [-0.2, -0.15) is 0 Å². The van der Waals surface area contributed by atoms with E-state index >= 15 is 0 Å². The first-order valence-electron chi connectivity index (χ1n) is 7.85. The Bertz CT molecular complexity index is 812. The number of amides is 1. The van der Waals surface area contributed by atoms with E-state index in [1.165, 1.54) is 18.4 Å². The van der Waals surface area contributed by atoms with Crippen molar-refractivity contribution in [2.45, 2.75) is 19.3 Å². The van der Waals surface area contributed by atoms with Gasteiger partial charge in [-0.3, -0.25) is 4.79 Å². The number of hydrogen-bond acceptors (Lipinski definition) is 6. The lowest BCUT2D eigenvalue weighted by molar-refractivity contribution is -0.119. The Morgan fingerprint density at radius 2 is 1.88 bits per heavy atom. The van der Waals surface area contributed by atoms with Gasteiger partial charge in [0.2, 0.25) is 0 Å². The van der Waals surface area contributed by atoms with Crippen molar-refractivity contribution in [3.8, 4) is 0 Å². The monoisotopic (exact) mass is 359 g/mol. The van der Waals surface area contributed by atoms with Crippen LogP contribution in [0.1, 0.15) is 37.6 Å². The number of rotatable bonds is 5. The van der Waals surface area contributed by atoms with Gasteiger partial charge in [0.1, 0.15) is 5.00 Å². The van der Waals surface area contributed by atoms with E-state index in [9.17, 15) is 14.4 Å². The van der Waals surface area contributed by atoms with Crippen LogP contribution < -0.4 is 5.32 Å². The van der Waals surface area contributed by atoms with Crippen molar-refractivity contribution in [3.05, 3.63) is 51.9 Å². The summed E-state index contributed by atoms with van der Waals surface area (Å²) in [6, 6.07) is 8.44. The van der Waals surface area contributed by atoms with Crippen LogP contribution in [0.2, 0.25) is 0 Å². The molecule has 0 fully saturated rings. The number of benzene rings is 1. The quantitative estimate of drug-likeness (QED) is 0.830. The molecule has 1 N–H and O–H groups in total. The third-order valence-corrected chi connectivity index (χ3v) is 5.11. The predicted octanol–water partition coefficient (Wildman–Crippen LogP) is 2.82. The Balaban J connectivity index is 1.65. The second-order valence-electron chi connectivity index (χ2n) is 5.54. The third kappa shape index (κ3) is 3.71. The number of methoxy groups -OCH3 is 1. The highest BCUT2D eigenvalue weighted by Gasteiger charge is 2.28. The molecule has 0 bridgehead atoms. The van der Waals surface area contributed by atoms with Gasteiger partial charge in [0.25, 0.3) is 5.91 Å². The lowest BCUT2D eigenvalue weighted by Gasteiger charge is -2.08. The highest BCUT2D eigenvalue weighted by molar-refractivity contribution is 7.17. The van der Waals surface area contributed by atoms with Crippen LogP contribution in [0.3, 0.4) is 0 Å². The lowest BCUT2D eigenvalue weighted by atomic mass is 10.1. The summed E-state index contributed by atoms with van der Waals surface area (Å²) in [4.78, 5) is 37.1. The molecule has 0 aliphatic heterocycles. The zero-order valence-corrected chi connectivity index (χ0v) is 14.5. The van der Waals surface area contributed by atoms with Crippen LogP contribution in [0, 0.1) is 0 Å². The first kappa shape index (κ1) is 17.2. The van der Waals surface area contributed by atoms with Gasteiger partial charge < -0.3 is 14.8 Å². The fourth-order valence-corrected chi connectivity index (χ4v) is 4.06. The van der Waals surface area contributed by atoms with E-state index in [1.54, 1.807) is 30.3 Å². The van der Waals surface area contributed by atoms with Crippen LogP contribution in [-0.2, 0) is 27.1 Å². The topological polar surface area (TPSA) is 81.7 Å². The SMILES string of the molecule is COC(=O)c1c(NC(=O)COC(=O)c2ccccc2)sc2c1CCC2. The molecule has 1 aliphatic carbocycles. The lowest BCUT2D eigenvalue weighted by Crippen LogP contribution is -2.21. The van der Waals surface area contributed by atoms with E-state index in [1.807, 2.05) is 0 Å². The summed E-state index contributed by atoms with van der Waals surface area (Å²) < 4.78 is 9.83. The van der Waals surface area contributed by atoms with Gasteiger partial charge in [-0.25, -0.2) is 9.59 Å². The number of esters is 2. The van der Waals surface area contributed by atoms with Crippen LogP contribution in [0.15, 0.2) is 30.3 Å². The molecular formula is C18H17NO5S. The molecule has 1 heterocycles. The number of fused-ring (bicyclic) bond motifs is 1. The van der Waals surface area contributed by atoms with E-state index in [0.717, 1.165) is 29.7 Å². The Kier molecular flexibility index (Phi) is 5.14. The van der Waals surface area contributed by atoms with Gasteiger partial charge in [-0.05, 0) is 37.0 Å². The van der Waals surface area contributed by atoms with E-state index in [0.29, 0.717) is 16.1 Å². The number of ether oxygens (including phenoxy) is 2. The molecule has 0 radical (unpaired) electrons. The van der Waals surface area contributed by atoms with Gasteiger partial charge in [-0.15, -0.1) is 11.3 Å². The van der Waals surface area contributed by atoms with Crippen LogP contribution in [0.4, 0.5) is 5.00 Å². The second kappa shape index (κ2) is 7.48. The maximum atomic E-state index is 12.1. The zero-order chi connectivity index (χ0) is 17.8. The number of carbonyl (C=O) groups is 3. The van der Waals surface area contributed by atoms with Crippen LogP contribution in [0.25, 0.3) is 0 Å². The summed E-state index contributed by atoms with van der Waals surface area (Å²) in [6.45, 7) is -0.420. The fourth-order valence-electron chi connectivity index (χ4n) is 2.76. The first-order chi connectivity index (χ1) is 12.1. The molecule has 1 aliphatic rings. The molecule has 1 aromatic carbocycles. The summed E-state index contributed by atoms with van der Waals surface area (Å²) in [5.41, 5.74) is 1.75. The molecule has 3 rings (SSSR count). The van der Waals surface area contributed by atoms with Crippen molar-refractivity contribution < 1.29 is 23.9 Å². The minimum absolute atomic E-state index is 0.376. The Morgan fingerprint density at radius 1 is 1.12 bits per heavy atom. The molecule has 130 valence electrons. The van der Waals surface area contributed by atoms with Gasteiger partial charge in [0.15, 0.2) is 6.61 Å². The second-order valence-corrected chi connectivity index (χ2v) is 6.65. The smallest absolute Gasteiger partial charge is 0.341 e. The van der Waals surface area contributed by atoms with Crippen LogP contribution in [-0.4, -0.2) is 31.6 Å². The maximum absolute atomic E-state index is 12.1. The molecule has 25 heavy (non-hydrogen) atoms. The minimum atomic E-state index is -0.572. The van der Waals surface area contributed by atoms with Crippen molar-refractivity contribution in [2.75, 3.05) is 19.0 Å². The molecule has 1 aromatic heterocycles. The highest BCUT2D eigenvalue weighted by atomic mass is 32.1. The van der Waals surface area contributed by atoms with Crippen molar-refractivity contribution >= 4 is 34.2 Å². The standard InChI is InChI=1S/C18H17NO5S/c1-23-18(22)15-12-8-5-9-13(12)25-16(15)19-14(20)10-24-17(21)11-6-3-2-4-7-11/h2-4,6-7H,5,8-10H2,1H3,(H,19,20). The fraction of sp³-hybridized carbons (Fsp3) is 0.278. The summed E-state index contributed by atoms with van der Waals surface area (Å²) in [6.07, 6.45) is 2.69. The number of nitrogens with one attached hydrogen (secondary N) is 1. The summed E-state index contributed by atoms with van der Waals surface area (Å²) in [7, 11) is 1.31. The van der Waals surface area contributed by atoms with Crippen molar-refractivity contribution in [1.29, 1.82) is 0 Å². The Labute approximate surface area is 148 Å². The van der Waals surface area contributed by atoms with Gasteiger partial charge >= 0.3 is 11.9 Å². The van der Waals surface area contributed by atoms with Gasteiger partial charge in [0.05, 0.1) is 18.2 Å². The van der Waals surface area contributed by atoms with Gasteiger partial charge in [0, 0.05) is 4.88 Å². The van der Waals surface area contributed by atoms with Crippen LogP contribution in [0.5, 0.6) is 0 Å². The predicted molar refractivity (Wildman–Crippen MR) is 93.0 cm³/mol. The maximum Gasteiger partial charge on any atom is 0.341 e. The normalized spacial score (nSPS) is 12.4.